The van der Waals surface area contributed by atoms with Crippen LogP contribution in [0.5, 0.6) is 0 Å². The lowest BCUT2D eigenvalue weighted by molar-refractivity contribution is -0.136. The highest BCUT2D eigenvalue weighted by atomic mass is 16.2. The van der Waals surface area contributed by atoms with Gasteiger partial charge in [-0.1, -0.05) is 18.2 Å². The lowest BCUT2D eigenvalue weighted by Gasteiger charge is -2.41. The summed E-state index contributed by atoms with van der Waals surface area (Å²) >= 11 is 0. The van der Waals surface area contributed by atoms with Gasteiger partial charge in [-0.2, -0.15) is 0 Å². The number of urea groups is 1. The Morgan fingerprint density at radius 1 is 1.20 bits per heavy atom. The summed E-state index contributed by atoms with van der Waals surface area (Å²) < 4.78 is 0. The molecule has 2 heterocycles. The van der Waals surface area contributed by atoms with Crippen LogP contribution in [0.1, 0.15) is 31.2 Å². The Morgan fingerprint density at radius 3 is 2.60 bits per heavy atom. The van der Waals surface area contributed by atoms with Gasteiger partial charge in [-0.05, 0) is 37.3 Å². The average Bonchev–Trinajstić information content (AvgIpc) is 3.19. The summed E-state index contributed by atoms with van der Waals surface area (Å²) in [6.07, 6.45) is 3.14. The monoisotopic (exact) mass is 342 g/mol. The smallest absolute Gasteiger partial charge is 0.322 e. The summed E-state index contributed by atoms with van der Waals surface area (Å²) in [4.78, 5) is 37.8. The minimum absolute atomic E-state index is 0.0594. The van der Waals surface area contributed by atoms with E-state index in [9.17, 15) is 14.4 Å². The Kier molecular flexibility index (Phi) is 3.86. The van der Waals surface area contributed by atoms with Crippen molar-refractivity contribution in [1.29, 1.82) is 0 Å². The summed E-state index contributed by atoms with van der Waals surface area (Å²) in [5, 5.41) is 7.86. The van der Waals surface area contributed by atoms with Gasteiger partial charge in [0.15, 0.2) is 0 Å². The minimum atomic E-state index is -0.869. The fraction of sp³-hybridized carbons (Fsp3) is 0.500. The van der Waals surface area contributed by atoms with Crippen molar-refractivity contribution in [3.8, 4) is 0 Å². The van der Waals surface area contributed by atoms with Crippen molar-refractivity contribution >= 4 is 23.5 Å². The lowest BCUT2D eigenvalue weighted by Crippen LogP contribution is -2.60. The maximum absolute atomic E-state index is 12.4. The molecule has 3 aliphatic rings. The number of carbonyl (C=O) groups excluding carboxylic acids is 3. The zero-order valence-corrected chi connectivity index (χ0v) is 14.0. The van der Waals surface area contributed by atoms with E-state index >= 15 is 0 Å². The molecule has 0 unspecified atom stereocenters. The number of nitrogens with one attached hydrogen (secondary N) is 3. The normalized spacial score (nSPS) is 27.8. The number of para-hydroxylation sites is 1. The zero-order chi connectivity index (χ0) is 17.4. The van der Waals surface area contributed by atoms with Crippen molar-refractivity contribution in [3.05, 3.63) is 29.8 Å². The van der Waals surface area contributed by atoms with Gasteiger partial charge in [-0.15, -0.1) is 0 Å². The Hall–Kier alpha value is -2.57. The predicted octanol–water partition coefficient (Wildman–Crippen LogP) is 0.891. The second-order valence-corrected chi connectivity index (χ2v) is 7.14. The highest BCUT2D eigenvalue weighted by Gasteiger charge is 2.57. The first kappa shape index (κ1) is 15.9. The van der Waals surface area contributed by atoms with Gasteiger partial charge in [-0.3, -0.25) is 14.9 Å². The van der Waals surface area contributed by atoms with E-state index in [1.165, 1.54) is 18.5 Å². The number of hydrogen-bond donors (Lipinski definition) is 3. The third kappa shape index (κ3) is 2.83. The molecular formula is C18H22N4O3. The molecule has 0 radical (unpaired) electrons. The molecule has 1 aliphatic carbocycles. The highest BCUT2D eigenvalue weighted by Crippen LogP contribution is 2.40. The van der Waals surface area contributed by atoms with Crippen molar-refractivity contribution in [2.45, 2.75) is 37.8 Å². The summed E-state index contributed by atoms with van der Waals surface area (Å²) in [6.45, 7) is 2.60. The largest absolute Gasteiger partial charge is 0.371 e. The van der Waals surface area contributed by atoms with E-state index in [0.29, 0.717) is 19.4 Å². The van der Waals surface area contributed by atoms with E-state index < -0.39 is 11.6 Å². The van der Waals surface area contributed by atoms with Crippen LogP contribution < -0.4 is 20.9 Å². The molecule has 0 aromatic heterocycles. The van der Waals surface area contributed by atoms with Crippen molar-refractivity contribution in [2.75, 3.05) is 18.0 Å². The standard InChI is InChI=1S/C18H22N4O3/c23-15(13-9-18(10-13)16(24)20-17(25)21-18)19-11-12-5-1-2-6-14(12)22-7-3-4-8-22/h1-2,5-6,13H,3-4,7-11H2,(H,19,23)(H2,20,21,24,25). The number of rotatable bonds is 4. The van der Waals surface area contributed by atoms with Crippen molar-refractivity contribution in [3.63, 3.8) is 0 Å². The molecule has 2 aliphatic heterocycles. The molecule has 2 saturated heterocycles. The van der Waals surface area contributed by atoms with Gasteiger partial charge < -0.3 is 15.5 Å². The molecule has 1 saturated carbocycles. The van der Waals surface area contributed by atoms with Gasteiger partial charge in [0, 0.05) is 31.2 Å². The van der Waals surface area contributed by atoms with Crippen LogP contribution in [0.4, 0.5) is 10.5 Å². The Balaban J connectivity index is 1.34. The molecule has 3 N–H and O–H groups in total. The summed E-state index contributed by atoms with van der Waals surface area (Å²) in [6, 6.07) is 7.68. The third-order valence-electron chi connectivity index (χ3n) is 5.47. The first-order chi connectivity index (χ1) is 12.1. The fourth-order valence-electron chi connectivity index (χ4n) is 4.04. The maximum Gasteiger partial charge on any atom is 0.322 e. The quantitative estimate of drug-likeness (QED) is 0.709. The molecule has 0 bridgehead atoms. The van der Waals surface area contributed by atoms with Gasteiger partial charge in [0.25, 0.3) is 5.91 Å². The first-order valence-corrected chi connectivity index (χ1v) is 8.82. The van der Waals surface area contributed by atoms with Crippen LogP contribution in [0.3, 0.4) is 0 Å². The molecule has 0 atom stereocenters. The van der Waals surface area contributed by atoms with E-state index in [1.807, 2.05) is 18.2 Å². The molecule has 3 fully saturated rings. The van der Waals surface area contributed by atoms with Crippen LogP contribution in [0.25, 0.3) is 0 Å². The van der Waals surface area contributed by atoms with Gasteiger partial charge in [0.2, 0.25) is 5.91 Å². The Morgan fingerprint density at radius 2 is 1.92 bits per heavy atom. The van der Waals surface area contributed by atoms with Crippen molar-refractivity contribution in [1.82, 2.24) is 16.0 Å². The van der Waals surface area contributed by atoms with Gasteiger partial charge in [-0.25, -0.2) is 4.79 Å². The van der Waals surface area contributed by atoms with Crippen LogP contribution in [0.15, 0.2) is 24.3 Å². The Bertz CT molecular complexity index is 721. The highest BCUT2D eigenvalue weighted by molar-refractivity contribution is 6.08. The maximum atomic E-state index is 12.4. The number of benzene rings is 1. The van der Waals surface area contributed by atoms with Crippen molar-refractivity contribution in [2.24, 2.45) is 5.92 Å². The number of anilines is 1. The van der Waals surface area contributed by atoms with E-state index in [1.54, 1.807) is 0 Å². The van der Waals surface area contributed by atoms with Crippen molar-refractivity contribution < 1.29 is 14.4 Å². The van der Waals surface area contributed by atoms with Crippen LogP contribution in [0, 0.1) is 5.92 Å². The second kappa shape index (κ2) is 6.06. The molecular weight excluding hydrogens is 320 g/mol. The van der Waals surface area contributed by atoms with Gasteiger partial charge in [0.05, 0.1) is 0 Å². The summed E-state index contributed by atoms with van der Waals surface area (Å²) in [5.41, 5.74) is 1.43. The summed E-state index contributed by atoms with van der Waals surface area (Å²) in [7, 11) is 0. The topological polar surface area (TPSA) is 90.5 Å². The lowest BCUT2D eigenvalue weighted by atomic mass is 9.68. The molecule has 25 heavy (non-hydrogen) atoms. The number of hydrogen-bond acceptors (Lipinski definition) is 4. The minimum Gasteiger partial charge on any atom is -0.371 e. The number of amides is 4. The first-order valence-electron chi connectivity index (χ1n) is 8.82. The van der Waals surface area contributed by atoms with Crippen LogP contribution in [-0.2, 0) is 16.1 Å². The average molecular weight is 342 g/mol. The number of carbonyl (C=O) groups is 3. The Labute approximate surface area is 146 Å². The van der Waals surface area contributed by atoms with E-state index in [-0.39, 0.29) is 17.7 Å². The second-order valence-electron chi connectivity index (χ2n) is 7.14. The van der Waals surface area contributed by atoms with Crippen LogP contribution in [0.2, 0.25) is 0 Å². The van der Waals surface area contributed by atoms with Gasteiger partial charge >= 0.3 is 6.03 Å². The molecule has 7 heteroatoms. The molecule has 4 amide bonds. The summed E-state index contributed by atoms with van der Waals surface area (Å²) in [5.74, 6) is -0.611. The molecule has 4 rings (SSSR count). The predicted molar refractivity (Wildman–Crippen MR) is 91.9 cm³/mol. The number of nitrogens with zero attached hydrogens (tertiary/aromatic N) is 1. The fourth-order valence-corrected chi connectivity index (χ4v) is 4.04. The SMILES string of the molecule is O=C1NC(=O)C2(CC(C(=O)NCc3ccccc3N3CCCC3)C2)N1. The van der Waals surface area contributed by atoms with Crippen LogP contribution in [-0.4, -0.2) is 36.5 Å². The molecule has 1 aromatic carbocycles. The van der Waals surface area contributed by atoms with Gasteiger partial charge in [0.1, 0.15) is 5.54 Å². The van der Waals surface area contributed by atoms with E-state index in [2.05, 4.69) is 26.9 Å². The molecule has 1 aromatic rings. The van der Waals surface area contributed by atoms with E-state index in [0.717, 1.165) is 18.7 Å². The number of imide groups is 1. The molecule has 1 spiro atoms. The molecule has 7 nitrogen and oxygen atoms in total. The van der Waals surface area contributed by atoms with Crippen LogP contribution >= 0.6 is 0 Å². The zero-order valence-electron chi connectivity index (χ0n) is 14.0. The third-order valence-corrected chi connectivity index (χ3v) is 5.47. The molecule has 132 valence electrons. The van der Waals surface area contributed by atoms with E-state index in [4.69, 9.17) is 0 Å².